The molecule has 2 unspecified atom stereocenters. The Hall–Kier alpha value is -16.0. The summed E-state index contributed by atoms with van der Waals surface area (Å²) in [6.07, 6.45) is 0. The van der Waals surface area contributed by atoms with E-state index >= 15 is 0 Å². The number of anilines is 10. The molecule has 0 saturated heterocycles. The number of benzene rings is 18. The molecular weight excluding hydrogens is 1580 g/mol. The molecule has 20 N–H and O–H groups in total. The molecule has 0 spiro atoms. The van der Waals surface area contributed by atoms with Crippen molar-refractivity contribution < 1.29 is 0 Å². The van der Waals surface area contributed by atoms with Crippen LogP contribution in [0.15, 0.2) is 376 Å². The fourth-order valence-electron chi connectivity index (χ4n) is 19.1. The fraction of sp³-hybridized carbons (Fsp3) is 0.100. The van der Waals surface area contributed by atoms with Crippen molar-refractivity contribution in [2.75, 3.05) is 57.3 Å². The van der Waals surface area contributed by atoms with E-state index < -0.39 is 0 Å². The van der Waals surface area contributed by atoms with Gasteiger partial charge in [-0.05, 0) is 320 Å². The second-order valence-corrected chi connectivity index (χ2v) is 34.4. The predicted octanol–water partition coefficient (Wildman–Crippen LogP) is 28.2. The third kappa shape index (κ3) is 18.1. The lowest BCUT2D eigenvalue weighted by Gasteiger charge is -2.27. The number of aryl methyl sites for hydroxylation is 6. The van der Waals surface area contributed by atoms with E-state index in [2.05, 4.69) is 329 Å². The molecule has 0 fully saturated rings. The van der Waals surface area contributed by atoms with Gasteiger partial charge in [-0.3, -0.25) is 0 Å². The van der Waals surface area contributed by atoms with Crippen molar-refractivity contribution in [3.63, 3.8) is 0 Å². The van der Waals surface area contributed by atoms with Crippen LogP contribution in [-0.2, 0) is 0 Å². The molecule has 2 atom stereocenters. The summed E-state index contributed by atoms with van der Waals surface area (Å²) in [5, 5.41) is 0. The van der Waals surface area contributed by atoms with Crippen LogP contribution in [0.2, 0.25) is 0 Å². The summed E-state index contributed by atoms with van der Waals surface area (Å²) < 4.78 is 0. The molecule has 0 aliphatic rings. The largest absolute Gasteiger partial charge is 0.399 e. The van der Waals surface area contributed by atoms with Crippen LogP contribution in [0.3, 0.4) is 0 Å². The molecule has 0 aromatic heterocycles. The van der Waals surface area contributed by atoms with Gasteiger partial charge in [0.15, 0.2) is 0 Å². The van der Waals surface area contributed by atoms with E-state index in [-0.39, 0.29) is 17.8 Å². The second kappa shape index (κ2) is 38.0. The topological polar surface area (TPSA) is 260 Å². The number of rotatable bonds is 18. The number of nitrogen functional groups attached to an aromatic ring is 10. The van der Waals surface area contributed by atoms with Gasteiger partial charge in [-0.15, -0.1) is 0 Å². The van der Waals surface area contributed by atoms with Gasteiger partial charge in [-0.1, -0.05) is 285 Å². The van der Waals surface area contributed by atoms with Crippen molar-refractivity contribution in [3.8, 4) is 100 Å². The molecule has 18 aromatic carbocycles. The van der Waals surface area contributed by atoms with Gasteiger partial charge < -0.3 is 57.3 Å². The maximum Gasteiger partial charge on any atom is 0.0397 e. The van der Waals surface area contributed by atoms with E-state index in [1.165, 1.54) is 61.2 Å². The lowest BCUT2D eigenvalue weighted by molar-refractivity contribution is 0.952. The molecule has 18 rings (SSSR count). The summed E-state index contributed by atoms with van der Waals surface area (Å²) >= 11 is 0. The summed E-state index contributed by atoms with van der Waals surface area (Å²) in [5.41, 5.74) is 113. The van der Waals surface area contributed by atoms with E-state index in [1.54, 1.807) is 0 Å². The molecule has 0 amide bonds. The van der Waals surface area contributed by atoms with Gasteiger partial charge in [0, 0.05) is 108 Å². The van der Waals surface area contributed by atoms with Crippen LogP contribution in [0.1, 0.15) is 118 Å². The highest BCUT2D eigenvalue weighted by Gasteiger charge is 2.30. The van der Waals surface area contributed by atoms with Crippen LogP contribution in [0, 0.1) is 62.3 Å². The quantitative estimate of drug-likeness (QED) is 0.0287. The van der Waals surface area contributed by atoms with Crippen molar-refractivity contribution in [1.82, 2.24) is 0 Å². The van der Waals surface area contributed by atoms with Crippen LogP contribution >= 0.6 is 0 Å². The average Bonchev–Trinajstić information content (AvgIpc) is 0.731. The van der Waals surface area contributed by atoms with Crippen molar-refractivity contribution >= 4 is 56.9 Å². The molecule has 0 aliphatic heterocycles. The maximum absolute atomic E-state index is 6.94. The minimum Gasteiger partial charge on any atom is -0.399 e. The minimum absolute atomic E-state index is 0.00781. The summed E-state index contributed by atoms with van der Waals surface area (Å²) in [6, 6.07) is 131. The zero-order valence-corrected chi connectivity index (χ0v) is 75.3. The standard InChI is InChI=1S/C41H40N4.C40H38N4.C39H34N2/c1-24-20-31(42)14-16-33(24)35-18-19-38(44)40(27(35)4)41(30-12-10-29(11-13-30)28-8-6-5-7-9-28)37-23-36(26(3)22-39(37)45)34-17-15-32(43)21-25(34)2;1-24-10-9-15-34(42)37(24)39-26(3)31(21-23-36(39)44)40(29-18-16-28(17-19-29)27-11-5-4-6-12-27)30-20-22-35(43)38(25(30)2)32-13-7-8-14-33(32)41;1-26-10-6-8-14-33(26)35-24-31(20-22-37(35)40)39(30-18-16-29(17-19-30)28-12-4-3-5-13-28)32-21-23-38(41)36(25-32)34-15-9-7-11-27(34)2/h5-23,41H,42-45H2,1-4H3;4-23,40H,41-44H2,1-3H3;3-25,39H,40-41H2,1-2H3. The van der Waals surface area contributed by atoms with Gasteiger partial charge in [0.2, 0.25) is 0 Å². The number of nitrogens with two attached hydrogens (primary N) is 10. The molecule has 642 valence electrons. The third-order valence-corrected chi connectivity index (χ3v) is 25.9. The van der Waals surface area contributed by atoms with Crippen LogP contribution in [0.4, 0.5) is 56.9 Å². The highest BCUT2D eigenvalue weighted by molar-refractivity contribution is 5.92. The van der Waals surface area contributed by atoms with Gasteiger partial charge in [-0.25, -0.2) is 0 Å². The summed E-state index contributed by atoms with van der Waals surface area (Å²) in [5.74, 6) is -0.322. The first-order valence-corrected chi connectivity index (χ1v) is 44.2. The van der Waals surface area contributed by atoms with Crippen LogP contribution < -0.4 is 57.3 Å². The molecule has 0 aliphatic carbocycles. The Morgan fingerprint density at radius 1 is 0.162 bits per heavy atom. The van der Waals surface area contributed by atoms with E-state index in [0.29, 0.717) is 22.7 Å². The molecule has 0 radical (unpaired) electrons. The van der Waals surface area contributed by atoms with Gasteiger partial charge in [0.25, 0.3) is 0 Å². The summed E-state index contributed by atoms with van der Waals surface area (Å²) in [7, 11) is 0. The van der Waals surface area contributed by atoms with Gasteiger partial charge >= 0.3 is 0 Å². The lowest BCUT2D eigenvalue weighted by Crippen LogP contribution is -2.12. The minimum atomic E-state index is -0.211. The normalized spacial score (nSPS) is 11.6. The Morgan fingerprint density at radius 3 is 0.962 bits per heavy atom. The number of hydrogen-bond acceptors (Lipinski definition) is 10. The van der Waals surface area contributed by atoms with Crippen LogP contribution in [-0.4, -0.2) is 0 Å². The lowest BCUT2D eigenvalue weighted by atomic mass is 9.77. The first kappa shape index (κ1) is 87.4. The molecular formula is C120H112N10. The second-order valence-electron chi connectivity index (χ2n) is 34.4. The zero-order chi connectivity index (χ0) is 91.1. The predicted molar refractivity (Wildman–Crippen MR) is 556 cm³/mol. The zero-order valence-electron chi connectivity index (χ0n) is 75.3. The summed E-state index contributed by atoms with van der Waals surface area (Å²) in [4.78, 5) is 0. The number of hydrogen-bond donors (Lipinski definition) is 10. The van der Waals surface area contributed by atoms with Crippen molar-refractivity contribution in [2.24, 2.45) is 0 Å². The molecule has 0 saturated carbocycles. The van der Waals surface area contributed by atoms with E-state index in [4.69, 9.17) is 57.3 Å². The SMILES string of the molecule is Cc1cc(N)ccc1-c1cc(C(c2ccc(-c3ccccc3)cc2)c2c(N)ccc(-c3ccc(N)cc3C)c2C)c(N)cc1C.Cc1cccc(N)c1-c1c(N)ccc(C(c2ccc(-c3ccccc3)cc2)c2ccc(N)c(-c3ccccc3N)c2C)c1C.Cc1ccccc1-c1cc(C(c2ccc(-c3ccccc3)cc2)c2ccc(N)c(-c3ccccc3C)c2)ccc1N. The Bertz CT molecular complexity index is 7070. The van der Waals surface area contributed by atoms with Crippen LogP contribution in [0.5, 0.6) is 0 Å². The molecule has 18 aromatic rings. The number of para-hydroxylation sites is 1. The average molecular weight is 1690 g/mol. The Kier molecular flexibility index (Phi) is 25.6. The van der Waals surface area contributed by atoms with E-state index in [0.717, 1.165) is 173 Å². The van der Waals surface area contributed by atoms with Gasteiger partial charge in [0.1, 0.15) is 0 Å². The van der Waals surface area contributed by atoms with Crippen LogP contribution in [0.25, 0.3) is 100 Å². The van der Waals surface area contributed by atoms with Crippen molar-refractivity contribution in [1.29, 1.82) is 0 Å². The molecule has 10 heteroatoms. The fourth-order valence-corrected chi connectivity index (χ4v) is 19.1. The maximum atomic E-state index is 6.94. The molecule has 0 bridgehead atoms. The highest BCUT2D eigenvalue weighted by Crippen LogP contribution is 2.50. The molecule has 130 heavy (non-hydrogen) atoms. The smallest absolute Gasteiger partial charge is 0.0397 e. The highest BCUT2D eigenvalue weighted by atomic mass is 14.6. The van der Waals surface area contributed by atoms with Crippen molar-refractivity contribution in [2.45, 2.75) is 80.1 Å². The van der Waals surface area contributed by atoms with Gasteiger partial charge in [0.05, 0.1) is 0 Å². The Labute approximate surface area is 765 Å². The van der Waals surface area contributed by atoms with Gasteiger partial charge in [-0.2, -0.15) is 0 Å². The van der Waals surface area contributed by atoms with E-state index in [9.17, 15) is 0 Å². The third-order valence-electron chi connectivity index (χ3n) is 25.9. The Morgan fingerprint density at radius 2 is 0.500 bits per heavy atom. The molecule has 0 heterocycles. The summed E-state index contributed by atoms with van der Waals surface area (Å²) in [6.45, 7) is 19.1. The van der Waals surface area contributed by atoms with Crippen molar-refractivity contribution in [3.05, 3.63) is 476 Å². The monoisotopic (exact) mass is 1690 g/mol. The molecule has 10 nitrogen and oxygen atoms in total. The van der Waals surface area contributed by atoms with E-state index in [1.807, 2.05) is 109 Å². The first-order valence-electron chi connectivity index (χ1n) is 44.2. The first-order chi connectivity index (χ1) is 62.9. The Balaban J connectivity index is 0.000000143.